The second-order valence-corrected chi connectivity index (χ2v) is 9.75. The molecular formula is C30H48OS. The van der Waals surface area contributed by atoms with E-state index in [-0.39, 0.29) is 0 Å². The Labute approximate surface area is 204 Å². The summed E-state index contributed by atoms with van der Waals surface area (Å²) in [7, 11) is 0. The first-order chi connectivity index (χ1) is 15.3. The molecule has 0 bridgehead atoms. The summed E-state index contributed by atoms with van der Waals surface area (Å²) in [6.07, 6.45) is 11.2. The number of unbranched alkanes of at least 4 members (excludes halogenated alkanes) is 1. The molecule has 32 heavy (non-hydrogen) atoms. The van der Waals surface area contributed by atoms with E-state index < -0.39 is 0 Å². The Kier molecular flexibility index (Phi) is 18.2. The highest BCUT2D eigenvalue weighted by molar-refractivity contribution is 7.99. The molecule has 2 atom stereocenters. The number of rotatable bonds is 14. The predicted octanol–water partition coefficient (Wildman–Crippen LogP) is 9.02. The topological polar surface area (TPSA) is 9.23 Å². The lowest BCUT2D eigenvalue weighted by atomic mass is 9.92. The summed E-state index contributed by atoms with van der Waals surface area (Å²) in [6.45, 7) is 22.7. The van der Waals surface area contributed by atoms with Gasteiger partial charge in [-0.15, -0.1) is 5.92 Å². The standard InChI is InChI=1S/C16H18.C14H30OS/c1-6-8-14-10-9-13(5)15(7-2)16(14)11-12(3)4;1-5-11-16-12-9-8-10-14(7-3)15-13(4)6-2/h7,9-10H,2-3,11H2,1,4-5H3;13-14H,5-12H2,1-4H3. The maximum Gasteiger partial charge on any atom is 0.0576 e. The minimum atomic E-state index is 0.430. The summed E-state index contributed by atoms with van der Waals surface area (Å²) < 4.78 is 5.97. The Morgan fingerprint density at radius 2 is 1.88 bits per heavy atom. The van der Waals surface area contributed by atoms with Gasteiger partial charge in [-0.2, -0.15) is 11.8 Å². The van der Waals surface area contributed by atoms with Crippen molar-refractivity contribution in [3.8, 4) is 11.8 Å². The molecule has 0 saturated carbocycles. The number of benzene rings is 1. The van der Waals surface area contributed by atoms with Gasteiger partial charge in [0.25, 0.3) is 0 Å². The van der Waals surface area contributed by atoms with Gasteiger partial charge in [0, 0.05) is 5.56 Å². The van der Waals surface area contributed by atoms with Gasteiger partial charge in [-0.3, -0.25) is 0 Å². The second-order valence-electron chi connectivity index (χ2n) is 8.53. The van der Waals surface area contributed by atoms with Crippen molar-refractivity contribution in [1.82, 2.24) is 0 Å². The number of thioether (sulfide) groups is 1. The first-order valence-corrected chi connectivity index (χ1v) is 13.5. The Hall–Kier alpha value is -1.43. The molecular weight excluding hydrogens is 408 g/mol. The van der Waals surface area contributed by atoms with Crippen LogP contribution in [0.2, 0.25) is 0 Å². The van der Waals surface area contributed by atoms with Gasteiger partial charge < -0.3 is 4.74 Å². The molecule has 0 spiro atoms. The van der Waals surface area contributed by atoms with E-state index in [4.69, 9.17) is 4.74 Å². The third-order valence-electron chi connectivity index (χ3n) is 5.39. The van der Waals surface area contributed by atoms with E-state index in [0.29, 0.717) is 12.2 Å². The van der Waals surface area contributed by atoms with E-state index in [1.807, 2.05) is 19.9 Å². The fourth-order valence-electron chi connectivity index (χ4n) is 3.43. The molecule has 0 aliphatic carbocycles. The van der Waals surface area contributed by atoms with E-state index in [2.05, 4.69) is 83.5 Å². The van der Waals surface area contributed by atoms with Crippen LogP contribution in [-0.2, 0) is 11.2 Å². The molecule has 2 unspecified atom stereocenters. The molecule has 0 aromatic heterocycles. The molecule has 0 saturated heterocycles. The smallest absolute Gasteiger partial charge is 0.0576 e. The SMILES string of the molecule is C=Cc1c(C)ccc(C#CC)c1CC(=C)C.CCCSCCCCC(CC)OC(C)CC. The zero-order valence-electron chi connectivity index (χ0n) is 22.0. The van der Waals surface area contributed by atoms with Crippen LogP contribution in [0, 0.1) is 18.8 Å². The van der Waals surface area contributed by atoms with Crippen LogP contribution in [0.1, 0.15) is 102 Å². The fourth-order valence-corrected chi connectivity index (χ4v) is 4.33. The largest absolute Gasteiger partial charge is 0.375 e. The summed E-state index contributed by atoms with van der Waals surface area (Å²) in [6, 6.07) is 4.18. The van der Waals surface area contributed by atoms with Crippen LogP contribution in [0.4, 0.5) is 0 Å². The van der Waals surface area contributed by atoms with Crippen molar-refractivity contribution < 1.29 is 4.74 Å². The van der Waals surface area contributed by atoms with E-state index >= 15 is 0 Å². The van der Waals surface area contributed by atoms with Crippen molar-refractivity contribution in [1.29, 1.82) is 0 Å². The maximum absolute atomic E-state index is 5.97. The van der Waals surface area contributed by atoms with Gasteiger partial charge in [0.05, 0.1) is 12.2 Å². The van der Waals surface area contributed by atoms with Gasteiger partial charge in [-0.1, -0.05) is 64.0 Å². The average Bonchev–Trinajstić information content (AvgIpc) is 2.77. The molecule has 0 fully saturated rings. The first-order valence-electron chi connectivity index (χ1n) is 12.4. The van der Waals surface area contributed by atoms with Crippen LogP contribution < -0.4 is 0 Å². The summed E-state index contributed by atoms with van der Waals surface area (Å²) in [5, 5.41) is 0. The van der Waals surface area contributed by atoms with Crippen molar-refractivity contribution in [3.63, 3.8) is 0 Å². The number of hydrogen-bond donors (Lipinski definition) is 0. The molecule has 0 heterocycles. The van der Waals surface area contributed by atoms with E-state index in [1.54, 1.807) is 0 Å². The van der Waals surface area contributed by atoms with Crippen molar-refractivity contribution in [2.75, 3.05) is 11.5 Å². The molecule has 180 valence electrons. The lowest BCUT2D eigenvalue weighted by Gasteiger charge is -2.20. The molecule has 0 amide bonds. The van der Waals surface area contributed by atoms with Crippen molar-refractivity contribution in [2.45, 2.75) is 106 Å². The minimum absolute atomic E-state index is 0.430. The van der Waals surface area contributed by atoms with Crippen molar-refractivity contribution >= 4 is 17.8 Å². The Morgan fingerprint density at radius 1 is 1.16 bits per heavy atom. The van der Waals surface area contributed by atoms with Crippen molar-refractivity contribution in [3.05, 3.63) is 53.1 Å². The van der Waals surface area contributed by atoms with Crippen LogP contribution in [0.5, 0.6) is 0 Å². The van der Waals surface area contributed by atoms with Gasteiger partial charge in [-0.05, 0) is 100 Å². The third kappa shape index (κ3) is 13.2. The van der Waals surface area contributed by atoms with Crippen LogP contribution in [0.15, 0.2) is 30.9 Å². The molecule has 0 radical (unpaired) electrons. The van der Waals surface area contributed by atoms with E-state index in [9.17, 15) is 0 Å². The normalized spacial score (nSPS) is 12.1. The lowest BCUT2D eigenvalue weighted by molar-refractivity contribution is -0.0107. The highest BCUT2D eigenvalue weighted by Gasteiger charge is 2.10. The van der Waals surface area contributed by atoms with Gasteiger partial charge in [0.2, 0.25) is 0 Å². The Morgan fingerprint density at radius 3 is 2.41 bits per heavy atom. The molecule has 0 aliphatic heterocycles. The fraction of sp³-hybridized carbons (Fsp3) is 0.600. The van der Waals surface area contributed by atoms with Crippen LogP contribution in [0.25, 0.3) is 6.08 Å². The highest BCUT2D eigenvalue weighted by atomic mass is 32.2. The Balaban J connectivity index is 0.000000601. The number of aryl methyl sites for hydroxylation is 1. The molecule has 0 aliphatic rings. The zero-order chi connectivity index (χ0) is 24.4. The van der Waals surface area contributed by atoms with Crippen LogP contribution in [-0.4, -0.2) is 23.7 Å². The second kappa shape index (κ2) is 19.1. The van der Waals surface area contributed by atoms with Gasteiger partial charge in [0.1, 0.15) is 0 Å². The van der Waals surface area contributed by atoms with Crippen LogP contribution in [0.3, 0.4) is 0 Å². The molecule has 1 aromatic carbocycles. The van der Waals surface area contributed by atoms with Gasteiger partial charge >= 0.3 is 0 Å². The van der Waals surface area contributed by atoms with Gasteiger partial charge in [0.15, 0.2) is 0 Å². The summed E-state index contributed by atoms with van der Waals surface area (Å²) >= 11 is 2.09. The third-order valence-corrected chi connectivity index (χ3v) is 6.66. The number of allylic oxidation sites excluding steroid dienone is 1. The quantitative estimate of drug-likeness (QED) is 0.157. The molecule has 0 N–H and O–H groups in total. The number of hydrogen-bond acceptors (Lipinski definition) is 2. The van der Waals surface area contributed by atoms with Crippen LogP contribution >= 0.6 is 11.8 Å². The molecule has 1 aromatic rings. The lowest BCUT2D eigenvalue weighted by Crippen LogP contribution is -2.18. The van der Waals surface area contributed by atoms with Crippen molar-refractivity contribution in [2.24, 2.45) is 0 Å². The zero-order valence-corrected chi connectivity index (χ0v) is 22.8. The predicted molar refractivity (Wildman–Crippen MR) is 149 cm³/mol. The van der Waals surface area contributed by atoms with Gasteiger partial charge in [-0.25, -0.2) is 0 Å². The number of ether oxygens (including phenoxy) is 1. The highest BCUT2D eigenvalue weighted by Crippen LogP contribution is 2.22. The molecule has 1 nitrogen and oxygen atoms in total. The summed E-state index contributed by atoms with van der Waals surface area (Å²) in [5.41, 5.74) is 5.92. The maximum atomic E-state index is 5.97. The minimum Gasteiger partial charge on any atom is -0.375 e. The average molecular weight is 457 g/mol. The summed E-state index contributed by atoms with van der Waals surface area (Å²) in [5.74, 6) is 8.75. The first kappa shape index (κ1) is 30.6. The van der Waals surface area contributed by atoms with E-state index in [1.165, 1.54) is 53.9 Å². The summed E-state index contributed by atoms with van der Waals surface area (Å²) in [4.78, 5) is 0. The molecule has 2 heteroatoms. The van der Waals surface area contributed by atoms with E-state index in [0.717, 1.165) is 30.4 Å². The Bertz CT molecular complexity index is 722. The monoisotopic (exact) mass is 456 g/mol. The molecule has 1 rings (SSSR count).